The Balaban J connectivity index is 1.65. The molecule has 0 saturated carbocycles. The van der Waals surface area contributed by atoms with Crippen LogP contribution in [0.5, 0.6) is 11.5 Å². The second-order valence-electron chi connectivity index (χ2n) is 11.2. The molecule has 234 valence electrons. The molecule has 14 heteroatoms. The normalized spacial score (nSPS) is 17.1. The highest BCUT2D eigenvalue weighted by atomic mass is 35.5. The molecule has 4 rings (SSSR count). The smallest absolute Gasteiger partial charge is 0.410 e. The van der Waals surface area contributed by atoms with Gasteiger partial charge >= 0.3 is 6.09 Å². The van der Waals surface area contributed by atoms with E-state index in [2.05, 4.69) is 4.98 Å². The molecule has 0 radical (unpaired) electrons. The SMILES string of the molecule is COc1ccc(CN(c2cscn2)S(=O)(=O)c2cc(Cl)c(N(C)C3CCN(C(=O)OC(C)(C)C)[C@@H]3C)cc2F)c(OC)c1. The quantitative estimate of drug-likeness (QED) is 0.270. The summed E-state index contributed by atoms with van der Waals surface area (Å²) in [6.07, 6.45) is 0.168. The van der Waals surface area contributed by atoms with Crippen LogP contribution in [0.15, 0.2) is 46.1 Å². The summed E-state index contributed by atoms with van der Waals surface area (Å²) in [4.78, 5) is 19.7. The van der Waals surface area contributed by atoms with Gasteiger partial charge in [-0.15, -0.1) is 11.3 Å². The van der Waals surface area contributed by atoms with Crippen molar-refractivity contribution in [2.45, 2.75) is 63.2 Å². The van der Waals surface area contributed by atoms with E-state index in [0.717, 1.165) is 16.4 Å². The van der Waals surface area contributed by atoms with Crippen LogP contribution in [0.4, 0.5) is 20.7 Å². The van der Waals surface area contributed by atoms with Crippen molar-refractivity contribution >= 4 is 50.6 Å². The minimum Gasteiger partial charge on any atom is -0.497 e. The van der Waals surface area contributed by atoms with Crippen molar-refractivity contribution in [1.82, 2.24) is 9.88 Å². The van der Waals surface area contributed by atoms with Gasteiger partial charge in [-0.3, -0.25) is 0 Å². The molecule has 3 aromatic rings. The van der Waals surface area contributed by atoms with E-state index in [0.29, 0.717) is 35.7 Å². The molecule has 0 spiro atoms. The summed E-state index contributed by atoms with van der Waals surface area (Å²) in [6.45, 7) is 7.57. The van der Waals surface area contributed by atoms with Gasteiger partial charge in [0.05, 0.1) is 49.1 Å². The predicted molar refractivity (Wildman–Crippen MR) is 166 cm³/mol. The van der Waals surface area contributed by atoms with Gasteiger partial charge in [0.15, 0.2) is 5.82 Å². The lowest BCUT2D eigenvalue weighted by Gasteiger charge is -2.33. The maximum Gasteiger partial charge on any atom is 0.410 e. The van der Waals surface area contributed by atoms with Gasteiger partial charge in [-0.05, 0) is 52.3 Å². The Hall–Kier alpha value is -3.29. The summed E-state index contributed by atoms with van der Waals surface area (Å²) in [5, 5.41) is 1.61. The molecule has 0 aliphatic carbocycles. The lowest BCUT2D eigenvalue weighted by Crippen LogP contribution is -2.45. The average molecular weight is 655 g/mol. The zero-order chi connectivity index (χ0) is 31.7. The molecule has 0 bridgehead atoms. The maximum absolute atomic E-state index is 15.8. The number of likely N-dealkylation sites (N-methyl/N-ethyl adjacent to an activating group) is 1. The minimum atomic E-state index is -4.48. The molecule has 2 aromatic carbocycles. The zero-order valence-electron chi connectivity index (χ0n) is 25.1. The molecule has 1 aliphatic heterocycles. The number of thiazole rings is 1. The number of carbonyl (C=O) groups is 1. The standard InChI is InChI=1S/C29H36ClFN4O6S2/c1-18-23(10-11-34(18)28(36)41-29(2,3)4)33(5)24-14-22(31)26(13-21(24)30)43(37,38)35(27-16-42-17-32-27)15-19-8-9-20(39-6)12-25(19)40-7/h8-9,12-14,16-18,23H,10-11,15H2,1-7H3/t18-,23?/m1/s1. The third-order valence-electron chi connectivity index (χ3n) is 7.27. The van der Waals surface area contributed by atoms with Crippen molar-refractivity contribution in [2.75, 3.05) is 37.0 Å². The van der Waals surface area contributed by atoms with E-state index in [-0.39, 0.29) is 29.5 Å². The van der Waals surface area contributed by atoms with Gasteiger partial charge in [0.25, 0.3) is 10.0 Å². The van der Waals surface area contributed by atoms with Crippen LogP contribution in [0, 0.1) is 5.82 Å². The lowest BCUT2D eigenvalue weighted by molar-refractivity contribution is 0.0233. The number of hydrogen-bond acceptors (Lipinski definition) is 9. The molecule has 1 unspecified atom stereocenters. The number of sulfonamides is 1. The Morgan fingerprint density at radius 1 is 1.21 bits per heavy atom. The van der Waals surface area contributed by atoms with Crippen molar-refractivity contribution in [3.8, 4) is 11.5 Å². The van der Waals surface area contributed by atoms with E-state index in [1.54, 1.807) is 61.2 Å². The van der Waals surface area contributed by atoms with Crippen molar-refractivity contribution < 1.29 is 31.8 Å². The second kappa shape index (κ2) is 12.7. The van der Waals surface area contributed by atoms with Crippen LogP contribution in [0.2, 0.25) is 5.02 Å². The first-order chi connectivity index (χ1) is 20.2. The lowest BCUT2D eigenvalue weighted by atomic mass is 10.1. The highest BCUT2D eigenvalue weighted by Gasteiger charge is 2.39. The summed E-state index contributed by atoms with van der Waals surface area (Å²) >= 11 is 7.85. The molecule has 1 fully saturated rings. The number of ether oxygens (including phenoxy) is 3. The highest BCUT2D eigenvalue weighted by molar-refractivity contribution is 7.92. The van der Waals surface area contributed by atoms with E-state index in [4.69, 9.17) is 25.8 Å². The largest absolute Gasteiger partial charge is 0.497 e. The van der Waals surface area contributed by atoms with Gasteiger partial charge in [0.2, 0.25) is 0 Å². The molecule has 1 amide bonds. The van der Waals surface area contributed by atoms with Crippen LogP contribution in [-0.4, -0.2) is 69.9 Å². The summed E-state index contributed by atoms with van der Waals surface area (Å²) < 4.78 is 61.1. The Bertz CT molecular complexity index is 1570. The summed E-state index contributed by atoms with van der Waals surface area (Å²) in [5.74, 6) is 0.0905. The van der Waals surface area contributed by atoms with Crippen LogP contribution in [0.25, 0.3) is 0 Å². The molecule has 1 aliphatic rings. The van der Waals surface area contributed by atoms with Crippen LogP contribution in [0.3, 0.4) is 0 Å². The topological polar surface area (TPSA) is 102 Å². The molecule has 10 nitrogen and oxygen atoms in total. The molecular weight excluding hydrogens is 619 g/mol. The number of carbonyl (C=O) groups excluding carboxylic acids is 1. The third-order valence-corrected chi connectivity index (χ3v) is 9.91. The minimum absolute atomic E-state index is 0.0469. The van der Waals surface area contributed by atoms with Crippen LogP contribution in [-0.2, 0) is 21.3 Å². The van der Waals surface area contributed by atoms with E-state index < -0.39 is 32.4 Å². The molecule has 1 saturated heterocycles. The molecule has 1 aromatic heterocycles. The second-order valence-corrected chi connectivity index (χ2v) is 14.1. The Kier molecular flexibility index (Phi) is 9.67. The summed E-state index contributed by atoms with van der Waals surface area (Å²) in [6, 6.07) is 6.76. The highest BCUT2D eigenvalue weighted by Crippen LogP contribution is 2.37. The average Bonchev–Trinajstić information content (AvgIpc) is 3.61. The number of benzene rings is 2. The molecule has 43 heavy (non-hydrogen) atoms. The van der Waals surface area contributed by atoms with Crippen molar-refractivity contribution in [1.29, 1.82) is 0 Å². The Labute approximate surface area is 261 Å². The first kappa shape index (κ1) is 32.6. The van der Waals surface area contributed by atoms with Gasteiger partial charge in [-0.2, -0.15) is 0 Å². The third kappa shape index (κ3) is 6.94. The molecule has 2 heterocycles. The Morgan fingerprint density at radius 2 is 1.93 bits per heavy atom. The van der Waals surface area contributed by atoms with E-state index in [1.807, 2.05) is 6.92 Å². The first-order valence-corrected chi connectivity index (χ1v) is 16.3. The summed E-state index contributed by atoms with van der Waals surface area (Å²) in [5.41, 5.74) is 1.68. The van der Waals surface area contributed by atoms with Gasteiger partial charge in [-0.25, -0.2) is 26.9 Å². The van der Waals surface area contributed by atoms with Gasteiger partial charge in [0.1, 0.15) is 27.8 Å². The fourth-order valence-corrected chi connectivity index (χ4v) is 7.49. The number of rotatable bonds is 9. The van der Waals surface area contributed by atoms with Gasteiger partial charge in [0, 0.05) is 36.7 Å². The van der Waals surface area contributed by atoms with Crippen LogP contribution in [0.1, 0.15) is 39.7 Å². The number of methoxy groups -OCH3 is 2. The van der Waals surface area contributed by atoms with Crippen molar-refractivity contribution in [3.05, 3.63) is 57.6 Å². The predicted octanol–water partition coefficient (Wildman–Crippen LogP) is 6.18. The van der Waals surface area contributed by atoms with Crippen LogP contribution < -0.4 is 18.7 Å². The number of aromatic nitrogens is 1. The zero-order valence-corrected chi connectivity index (χ0v) is 27.5. The monoisotopic (exact) mass is 654 g/mol. The number of amides is 1. The van der Waals surface area contributed by atoms with Gasteiger partial charge in [-0.1, -0.05) is 11.6 Å². The maximum atomic E-state index is 15.8. The van der Waals surface area contributed by atoms with Crippen LogP contribution >= 0.6 is 22.9 Å². The van der Waals surface area contributed by atoms with Gasteiger partial charge < -0.3 is 24.0 Å². The first-order valence-electron chi connectivity index (χ1n) is 13.5. The van der Waals surface area contributed by atoms with E-state index >= 15 is 4.39 Å². The van der Waals surface area contributed by atoms with E-state index in [1.165, 1.54) is 31.1 Å². The number of nitrogens with zero attached hydrogens (tertiary/aromatic N) is 4. The molecule has 0 N–H and O–H groups in total. The molecular formula is C29H36ClFN4O6S2. The Morgan fingerprint density at radius 3 is 2.53 bits per heavy atom. The fraction of sp³-hybridized carbons (Fsp3) is 0.448. The number of likely N-dealkylation sites (tertiary alicyclic amines) is 1. The number of halogens is 2. The molecule has 2 atom stereocenters. The fourth-order valence-electron chi connectivity index (χ4n) is 5.06. The summed E-state index contributed by atoms with van der Waals surface area (Å²) in [7, 11) is 0.237. The van der Waals surface area contributed by atoms with E-state index in [9.17, 15) is 13.2 Å². The number of hydrogen-bond donors (Lipinski definition) is 0. The number of anilines is 2. The van der Waals surface area contributed by atoms with Crippen molar-refractivity contribution in [3.63, 3.8) is 0 Å². The van der Waals surface area contributed by atoms with Crippen molar-refractivity contribution in [2.24, 2.45) is 0 Å².